The number of urea groups is 2. The molecular formula is C52H64Cl3IN10O6. The number of aromatic nitrogens is 4. The third-order valence-electron chi connectivity index (χ3n) is 12.9. The van der Waals surface area contributed by atoms with Crippen molar-refractivity contribution in [3.05, 3.63) is 125 Å². The number of carbonyl (C=O) groups excluding carboxylic acids is 2. The summed E-state index contributed by atoms with van der Waals surface area (Å²) >= 11 is 22.0. The second kappa shape index (κ2) is 26.8. The lowest BCUT2D eigenvalue weighted by molar-refractivity contribution is 0.0455. The molecule has 4 amide bonds. The highest BCUT2D eigenvalue weighted by Crippen LogP contribution is 2.40. The summed E-state index contributed by atoms with van der Waals surface area (Å²) in [5.74, 6) is 0.386. The van der Waals surface area contributed by atoms with Crippen LogP contribution in [0.5, 0.6) is 0 Å². The number of halogens is 4. The zero-order valence-electron chi connectivity index (χ0n) is 40.9. The fraction of sp³-hybridized carbons (Fsp3) is 0.462. The van der Waals surface area contributed by atoms with Crippen LogP contribution in [0.2, 0.25) is 15.1 Å². The van der Waals surface area contributed by atoms with Crippen molar-refractivity contribution in [3.8, 4) is 0 Å². The summed E-state index contributed by atoms with van der Waals surface area (Å²) in [5.41, 5.74) is 9.13. The van der Waals surface area contributed by atoms with E-state index < -0.39 is 0 Å². The normalized spacial score (nSPS) is 16.0. The van der Waals surface area contributed by atoms with Crippen LogP contribution >= 0.6 is 57.4 Å². The molecule has 2 atom stereocenters. The first-order valence-electron chi connectivity index (χ1n) is 24.6. The molecule has 2 aliphatic heterocycles. The van der Waals surface area contributed by atoms with E-state index in [0.717, 1.165) is 75.0 Å². The Labute approximate surface area is 449 Å². The molecule has 6 aromatic rings. The van der Waals surface area contributed by atoms with E-state index in [4.69, 9.17) is 63.9 Å². The zero-order valence-corrected chi connectivity index (χ0v) is 45.3. The van der Waals surface area contributed by atoms with Crippen LogP contribution in [0.4, 0.5) is 9.59 Å². The summed E-state index contributed by atoms with van der Waals surface area (Å²) in [4.78, 5) is 28.9. The van der Waals surface area contributed by atoms with Crippen LogP contribution in [0.25, 0.3) is 21.8 Å². The molecule has 0 saturated heterocycles. The number of nitrogens with one attached hydrogen (secondary N) is 4. The van der Waals surface area contributed by atoms with Gasteiger partial charge in [0.05, 0.1) is 77.0 Å². The molecule has 0 fully saturated rings. The van der Waals surface area contributed by atoms with E-state index >= 15 is 0 Å². The third kappa shape index (κ3) is 15.2. The van der Waals surface area contributed by atoms with Crippen LogP contribution in [0, 0.1) is 3.57 Å². The Morgan fingerprint density at radius 2 is 1.03 bits per heavy atom. The number of carbonyl (C=O) groups is 2. The smallest absolute Gasteiger partial charge is 0.314 e. The fourth-order valence-corrected chi connectivity index (χ4v) is 11.0. The molecule has 1 unspecified atom stereocenters. The van der Waals surface area contributed by atoms with E-state index in [1.807, 2.05) is 33.8 Å². The van der Waals surface area contributed by atoms with Gasteiger partial charge in [0.1, 0.15) is 0 Å². The highest BCUT2D eigenvalue weighted by Gasteiger charge is 2.29. The van der Waals surface area contributed by atoms with Gasteiger partial charge in [0, 0.05) is 106 Å². The van der Waals surface area contributed by atoms with Crippen molar-refractivity contribution < 1.29 is 28.5 Å². The lowest BCUT2D eigenvalue weighted by atomic mass is 9.84. The van der Waals surface area contributed by atoms with Crippen LogP contribution in [0.3, 0.4) is 0 Å². The maximum atomic E-state index is 12.2. The topological polar surface area (TPSA) is 161 Å². The monoisotopic (exact) mass is 1160 g/mol. The van der Waals surface area contributed by atoms with Gasteiger partial charge < -0.3 is 50.0 Å². The standard InChI is InChI=1S/C52H64Cl3IN10O6/c1-63-31-43(41-25-39(53)26-47(54)45(41)33-63)35-5-7-37-29-65(61-49(37)23-35)13-17-71-21-19-69-15-11-59-51(67)57-9-3-4-10-58-52(68)60-12-16-70-20-22-72-18-14-66-30-38-8-6-36(24-50(38)62-66)44-32-64(2)34-46-42(44)27-40(56)28-48(46)55/h5-8,23-30,43-44H,3-4,9-22,31-34H2,1-2H3,(H2,57,59,67)(H2,58,60,68)/t43?,44-/m0/s1. The van der Waals surface area contributed by atoms with Crippen LogP contribution in [0.1, 0.15) is 58.1 Å². The van der Waals surface area contributed by atoms with Gasteiger partial charge >= 0.3 is 12.1 Å². The molecule has 0 spiro atoms. The first-order valence-corrected chi connectivity index (χ1v) is 26.8. The number of fused-ring (bicyclic) bond motifs is 4. The van der Waals surface area contributed by atoms with E-state index in [9.17, 15) is 9.59 Å². The SMILES string of the molecule is CN1Cc2c(Cl)cc(Cl)cc2C(c2ccc3cn(CCOCCOCCNC(=O)NCCCCNC(=O)NCCOCCOCCn4cc5ccc([C@@H]6CN(C)Cc7c(Cl)cc(I)cc76)cc5n4)nc3c2)C1. The molecule has 0 aliphatic carbocycles. The molecule has 4 heterocycles. The maximum absolute atomic E-state index is 12.2. The number of likely N-dealkylation sites (N-methyl/N-ethyl adjacent to an activating group) is 2. The molecule has 0 saturated carbocycles. The molecule has 4 N–H and O–H groups in total. The molecule has 20 heteroatoms. The highest BCUT2D eigenvalue weighted by atomic mass is 127. The average Bonchev–Trinajstić information content (AvgIpc) is 3.97. The van der Waals surface area contributed by atoms with Gasteiger partial charge in [-0.05, 0) is 119 Å². The molecule has 0 radical (unpaired) electrons. The van der Waals surface area contributed by atoms with Gasteiger partial charge in [-0.25, -0.2) is 9.59 Å². The van der Waals surface area contributed by atoms with Crippen molar-refractivity contribution in [2.75, 3.05) is 106 Å². The van der Waals surface area contributed by atoms with E-state index in [2.05, 4.69) is 116 Å². The molecule has 2 aromatic heterocycles. The second-order valence-electron chi connectivity index (χ2n) is 18.4. The Kier molecular flexibility index (Phi) is 20.1. The number of benzene rings is 4. The summed E-state index contributed by atoms with van der Waals surface area (Å²) < 4.78 is 27.8. The predicted octanol–water partition coefficient (Wildman–Crippen LogP) is 8.25. The van der Waals surface area contributed by atoms with Crippen molar-refractivity contribution in [1.82, 2.24) is 50.6 Å². The average molecular weight is 1160 g/mol. The summed E-state index contributed by atoms with van der Waals surface area (Å²) in [6.07, 6.45) is 5.53. The third-order valence-corrected chi connectivity index (χ3v) is 14.4. The molecule has 16 nitrogen and oxygen atoms in total. The number of hydrogen-bond donors (Lipinski definition) is 4. The number of amides is 4. The number of rotatable bonds is 25. The Bertz CT molecular complexity index is 2590. The minimum absolute atomic E-state index is 0.154. The quantitative estimate of drug-likeness (QED) is 0.0325. The van der Waals surface area contributed by atoms with E-state index in [1.165, 1.54) is 27.8 Å². The Hall–Kier alpha value is -4.28. The van der Waals surface area contributed by atoms with Crippen molar-refractivity contribution in [2.45, 2.75) is 50.9 Å². The summed E-state index contributed by atoms with van der Waals surface area (Å²) in [7, 11) is 4.25. The largest absolute Gasteiger partial charge is 0.377 e. The van der Waals surface area contributed by atoms with Crippen LogP contribution in [-0.2, 0) is 45.1 Å². The van der Waals surface area contributed by atoms with Crippen LogP contribution < -0.4 is 21.3 Å². The van der Waals surface area contributed by atoms with Crippen LogP contribution in [0.15, 0.2) is 73.1 Å². The number of nitrogens with zero attached hydrogens (tertiary/aromatic N) is 6. The van der Waals surface area contributed by atoms with Gasteiger partial charge in [0.25, 0.3) is 0 Å². The van der Waals surface area contributed by atoms with Crippen molar-refractivity contribution >= 4 is 91.3 Å². The summed E-state index contributed by atoms with van der Waals surface area (Å²) in [6.45, 7) is 9.94. The van der Waals surface area contributed by atoms with Gasteiger partial charge in [0.2, 0.25) is 0 Å². The molecule has 0 bridgehead atoms. The van der Waals surface area contributed by atoms with E-state index in [0.29, 0.717) is 102 Å². The van der Waals surface area contributed by atoms with Gasteiger partial charge in [0.15, 0.2) is 0 Å². The fourth-order valence-electron chi connectivity index (χ4n) is 9.30. The molecule has 4 aromatic carbocycles. The number of unbranched alkanes of at least 4 members (excludes halogenated alkanes) is 1. The Balaban J connectivity index is 0.586. The Morgan fingerprint density at radius 1 is 0.583 bits per heavy atom. The summed E-state index contributed by atoms with van der Waals surface area (Å²) in [5, 5.41) is 25.2. The summed E-state index contributed by atoms with van der Waals surface area (Å²) in [6, 6.07) is 20.6. The first kappa shape index (κ1) is 54.0. The van der Waals surface area contributed by atoms with Gasteiger partial charge in [-0.1, -0.05) is 59.1 Å². The van der Waals surface area contributed by atoms with Crippen molar-refractivity contribution in [3.63, 3.8) is 0 Å². The van der Waals surface area contributed by atoms with Gasteiger partial charge in [-0.3, -0.25) is 9.36 Å². The number of hydrogen-bond acceptors (Lipinski definition) is 10. The molecular weight excluding hydrogens is 1090 g/mol. The van der Waals surface area contributed by atoms with Gasteiger partial charge in [-0.15, -0.1) is 0 Å². The molecule has 2 aliphatic rings. The van der Waals surface area contributed by atoms with Gasteiger partial charge in [-0.2, -0.15) is 10.2 Å². The van der Waals surface area contributed by atoms with E-state index in [-0.39, 0.29) is 23.9 Å². The molecule has 72 heavy (non-hydrogen) atoms. The zero-order chi connectivity index (χ0) is 50.4. The maximum Gasteiger partial charge on any atom is 0.314 e. The van der Waals surface area contributed by atoms with Crippen LogP contribution in [-0.4, -0.2) is 148 Å². The lowest BCUT2D eigenvalue weighted by Crippen LogP contribution is -2.39. The van der Waals surface area contributed by atoms with Crippen molar-refractivity contribution in [2.24, 2.45) is 0 Å². The molecule has 8 rings (SSSR count). The minimum atomic E-state index is -0.258. The molecule has 386 valence electrons. The lowest BCUT2D eigenvalue weighted by Gasteiger charge is -2.33. The number of ether oxygens (including phenoxy) is 4. The minimum Gasteiger partial charge on any atom is -0.377 e. The van der Waals surface area contributed by atoms with E-state index in [1.54, 1.807) is 0 Å². The van der Waals surface area contributed by atoms with Crippen molar-refractivity contribution in [1.29, 1.82) is 0 Å². The highest BCUT2D eigenvalue weighted by molar-refractivity contribution is 14.1. The second-order valence-corrected chi connectivity index (χ2v) is 20.8. The predicted molar refractivity (Wildman–Crippen MR) is 292 cm³/mol. The Morgan fingerprint density at radius 3 is 1.53 bits per heavy atom. The first-order chi connectivity index (χ1) is 35.0.